The van der Waals surface area contributed by atoms with Crippen LogP contribution in [0.1, 0.15) is 31.5 Å². The number of carbonyl (C=O) groups excluding carboxylic acids is 1. The molecule has 1 aromatic heterocycles. The molecular formula is C24H34N6O3. The summed E-state index contributed by atoms with van der Waals surface area (Å²) < 4.78 is 5.66. The largest absolute Gasteiger partial charge is 0.396 e. The van der Waals surface area contributed by atoms with Crippen molar-refractivity contribution in [2.75, 3.05) is 56.2 Å². The Labute approximate surface area is 195 Å². The molecule has 178 valence electrons. The average Bonchev–Trinajstić information content (AvgIpc) is 2.83. The first-order chi connectivity index (χ1) is 16.1. The van der Waals surface area contributed by atoms with E-state index in [4.69, 9.17) is 14.7 Å². The maximum Gasteiger partial charge on any atom is 0.319 e. The number of amides is 2. The van der Waals surface area contributed by atoms with E-state index in [1.807, 2.05) is 31.2 Å². The minimum atomic E-state index is -0.221. The molecule has 1 unspecified atom stereocenters. The molecule has 1 aromatic carbocycles. The van der Waals surface area contributed by atoms with Crippen molar-refractivity contribution in [3.63, 3.8) is 0 Å². The molecule has 0 spiro atoms. The number of rotatable bonds is 7. The molecule has 0 saturated carbocycles. The number of aliphatic hydroxyl groups excluding tert-OH is 1. The normalized spacial score (nSPS) is 18.6. The van der Waals surface area contributed by atoms with Gasteiger partial charge in [0.25, 0.3) is 0 Å². The van der Waals surface area contributed by atoms with Gasteiger partial charge in [-0.2, -0.15) is 0 Å². The van der Waals surface area contributed by atoms with Gasteiger partial charge >= 0.3 is 6.03 Å². The Bertz CT molecular complexity index is 952. The number of morpholine rings is 1. The fraction of sp³-hybridized carbons (Fsp3) is 0.542. The van der Waals surface area contributed by atoms with Crippen LogP contribution in [0.3, 0.4) is 0 Å². The molecule has 2 aliphatic heterocycles. The first-order valence-corrected chi connectivity index (χ1v) is 11.8. The third-order valence-corrected chi connectivity index (χ3v) is 6.13. The van der Waals surface area contributed by atoms with Crippen LogP contribution in [-0.2, 0) is 17.7 Å². The Morgan fingerprint density at radius 2 is 2.06 bits per heavy atom. The quantitative estimate of drug-likeness (QED) is 0.590. The van der Waals surface area contributed by atoms with E-state index in [9.17, 15) is 9.90 Å². The molecule has 2 amide bonds. The number of carbonyl (C=O) groups is 1. The highest BCUT2D eigenvalue weighted by molar-refractivity contribution is 5.89. The molecule has 1 atom stereocenters. The summed E-state index contributed by atoms with van der Waals surface area (Å²) in [5.41, 5.74) is 3.92. The van der Waals surface area contributed by atoms with Crippen molar-refractivity contribution in [3.8, 4) is 11.4 Å². The number of benzene rings is 1. The smallest absolute Gasteiger partial charge is 0.319 e. The third kappa shape index (κ3) is 5.61. The van der Waals surface area contributed by atoms with E-state index in [-0.39, 0.29) is 18.7 Å². The van der Waals surface area contributed by atoms with Crippen LogP contribution in [0.2, 0.25) is 0 Å². The lowest BCUT2D eigenvalue weighted by Gasteiger charge is -2.37. The number of aliphatic hydroxyl groups is 1. The van der Waals surface area contributed by atoms with E-state index < -0.39 is 0 Å². The standard InChI is InChI=1S/C24H34N6O3/c1-3-25-24(32)26-19-7-5-18(6-8-19)22-27-21-15-29(10-4-13-31)11-9-20(21)23(28-22)30-12-14-33-16-17(30)2/h5-8,17,31H,3-4,9-16H2,1-2H3,(H2,25,26,32). The van der Waals surface area contributed by atoms with Crippen molar-refractivity contribution < 1.29 is 14.6 Å². The lowest BCUT2D eigenvalue weighted by molar-refractivity contribution is 0.0983. The van der Waals surface area contributed by atoms with Crippen LogP contribution in [0, 0.1) is 0 Å². The fourth-order valence-corrected chi connectivity index (χ4v) is 4.40. The van der Waals surface area contributed by atoms with E-state index in [1.54, 1.807) is 0 Å². The van der Waals surface area contributed by atoms with Gasteiger partial charge in [0.15, 0.2) is 5.82 Å². The SMILES string of the molecule is CCNC(=O)Nc1ccc(-c2nc3c(c(N4CCOCC4C)n2)CCN(CCCO)C3)cc1. The molecule has 1 fully saturated rings. The Balaban J connectivity index is 1.65. The van der Waals surface area contributed by atoms with Gasteiger partial charge in [-0.05, 0) is 51.0 Å². The van der Waals surface area contributed by atoms with Crippen LogP contribution in [0.4, 0.5) is 16.3 Å². The van der Waals surface area contributed by atoms with E-state index >= 15 is 0 Å². The van der Waals surface area contributed by atoms with Crippen LogP contribution >= 0.6 is 0 Å². The van der Waals surface area contributed by atoms with Crippen molar-refractivity contribution >= 4 is 17.5 Å². The molecule has 33 heavy (non-hydrogen) atoms. The van der Waals surface area contributed by atoms with E-state index in [1.165, 1.54) is 5.56 Å². The van der Waals surface area contributed by atoms with Gasteiger partial charge in [0.1, 0.15) is 5.82 Å². The summed E-state index contributed by atoms with van der Waals surface area (Å²) in [6.45, 7) is 9.59. The molecule has 9 nitrogen and oxygen atoms in total. The summed E-state index contributed by atoms with van der Waals surface area (Å²) in [6, 6.07) is 7.67. The summed E-state index contributed by atoms with van der Waals surface area (Å²) in [5, 5.41) is 14.8. The highest BCUT2D eigenvalue weighted by atomic mass is 16.5. The summed E-state index contributed by atoms with van der Waals surface area (Å²) in [4.78, 5) is 26.5. The summed E-state index contributed by atoms with van der Waals surface area (Å²) in [6.07, 6.45) is 1.66. The van der Waals surface area contributed by atoms with E-state index in [0.717, 1.165) is 61.8 Å². The van der Waals surface area contributed by atoms with Crippen molar-refractivity contribution in [3.05, 3.63) is 35.5 Å². The maximum absolute atomic E-state index is 11.8. The first kappa shape index (κ1) is 23.4. The van der Waals surface area contributed by atoms with Crippen LogP contribution in [0.15, 0.2) is 24.3 Å². The molecule has 0 bridgehead atoms. The van der Waals surface area contributed by atoms with Gasteiger partial charge in [0.05, 0.1) is 24.9 Å². The number of anilines is 2. The number of hydrogen-bond donors (Lipinski definition) is 3. The molecule has 3 heterocycles. The number of aromatic nitrogens is 2. The van der Waals surface area contributed by atoms with Crippen molar-refractivity contribution in [2.24, 2.45) is 0 Å². The topological polar surface area (TPSA) is 103 Å². The van der Waals surface area contributed by atoms with Crippen LogP contribution in [0.5, 0.6) is 0 Å². The Morgan fingerprint density at radius 1 is 1.24 bits per heavy atom. The number of ether oxygens (including phenoxy) is 1. The molecule has 2 aliphatic rings. The van der Waals surface area contributed by atoms with E-state index in [2.05, 4.69) is 27.4 Å². The molecule has 2 aromatic rings. The number of nitrogens with zero attached hydrogens (tertiary/aromatic N) is 4. The van der Waals surface area contributed by atoms with Crippen molar-refractivity contribution in [1.82, 2.24) is 20.2 Å². The maximum atomic E-state index is 11.8. The van der Waals surface area contributed by atoms with Gasteiger partial charge in [-0.1, -0.05) is 0 Å². The molecule has 0 aliphatic carbocycles. The molecule has 1 saturated heterocycles. The summed E-state index contributed by atoms with van der Waals surface area (Å²) in [5.74, 6) is 1.70. The monoisotopic (exact) mass is 454 g/mol. The summed E-state index contributed by atoms with van der Waals surface area (Å²) >= 11 is 0. The lowest BCUT2D eigenvalue weighted by atomic mass is 10.0. The highest BCUT2D eigenvalue weighted by Gasteiger charge is 2.28. The summed E-state index contributed by atoms with van der Waals surface area (Å²) in [7, 11) is 0. The van der Waals surface area contributed by atoms with Gasteiger partial charge in [0, 0.05) is 56.1 Å². The van der Waals surface area contributed by atoms with Gasteiger partial charge in [0.2, 0.25) is 0 Å². The van der Waals surface area contributed by atoms with Gasteiger partial charge < -0.3 is 25.4 Å². The van der Waals surface area contributed by atoms with Crippen LogP contribution in [-0.4, -0.2) is 78.0 Å². The van der Waals surface area contributed by atoms with Crippen LogP contribution in [0.25, 0.3) is 11.4 Å². The fourth-order valence-electron chi connectivity index (χ4n) is 4.40. The molecule has 9 heteroatoms. The first-order valence-electron chi connectivity index (χ1n) is 11.8. The zero-order chi connectivity index (χ0) is 23.2. The Hall–Kier alpha value is -2.75. The van der Waals surface area contributed by atoms with E-state index in [0.29, 0.717) is 25.6 Å². The van der Waals surface area contributed by atoms with Crippen molar-refractivity contribution in [1.29, 1.82) is 0 Å². The second kappa shape index (κ2) is 10.9. The predicted molar refractivity (Wildman–Crippen MR) is 128 cm³/mol. The van der Waals surface area contributed by atoms with Gasteiger partial charge in [-0.25, -0.2) is 14.8 Å². The zero-order valence-corrected chi connectivity index (χ0v) is 19.5. The van der Waals surface area contributed by atoms with Gasteiger partial charge in [-0.3, -0.25) is 4.90 Å². The number of fused-ring (bicyclic) bond motifs is 1. The molecule has 0 radical (unpaired) electrons. The Kier molecular flexibility index (Phi) is 7.74. The molecule has 4 rings (SSSR count). The zero-order valence-electron chi connectivity index (χ0n) is 19.5. The van der Waals surface area contributed by atoms with Gasteiger partial charge in [-0.15, -0.1) is 0 Å². The molecule has 3 N–H and O–H groups in total. The van der Waals surface area contributed by atoms with Crippen LogP contribution < -0.4 is 15.5 Å². The number of urea groups is 1. The predicted octanol–water partition coefficient (Wildman–Crippen LogP) is 2.25. The second-order valence-electron chi connectivity index (χ2n) is 8.58. The number of hydrogen-bond acceptors (Lipinski definition) is 7. The van der Waals surface area contributed by atoms with Crippen molar-refractivity contribution in [2.45, 2.75) is 39.3 Å². The Morgan fingerprint density at radius 3 is 2.79 bits per heavy atom. The molecular weight excluding hydrogens is 420 g/mol. The second-order valence-corrected chi connectivity index (χ2v) is 8.58. The lowest BCUT2D eigenvalue weighted by Crippen LogP contribution is -2.45. The highest BCUT2D eigenvalue weighted by Crippen LogP contribution is 2.31. The minimum Gasteiger partial charge on any atom is -0.396 e. The minimum absolute atomic E-state index is 0.200. The third-order valence-electron chi connectivity index (χ3n) is 6.13. The number of nitrogens with one attached hydrogen (secondary N) is 2. The average molecular weight is 455 g/mol.